The summed E-state index contributed by atoms with van der Waals surface area (Å²) in [5, 5.41) is 18.5. The van der Waals surface area contributed by atoms with Gasteiger partial charge in [0.1, 0.15) is 29.6 Å². The molecule has 43 heavy (non-hydrogen) atoms. The van der Waals surface area contributed by atoms with Gasteiger partial charge in [-0.15, -0.1) is 0 Å². The summed E-state index contributed by atoms with van der Waals surface area (Å²) < 4.78 is 25.9. The fourth-order valence-electron chi connectivity index (χ4n) is 5.75. The Bertz CT molecular complexity index is 1760. The van der Waals surface area contributed by atoms with Gasteiger partial charge in [0.05, 0.1) is 12.6 Å². The van der Waals surface area contributed by atoms with Gasteiger partial charge in [-0.25, -0.2) is 4.39 Å². The number of rotatable bonds is 9. The van der Waals surface area contributed by atoms with Crippen LogP contribution < -0.4 is 9.47 Å². The number of phenols is 1. The molecular weight excluding hydrogens is 545 g/mol. The maximum absolute atomic E-state index is 13.9. The van der Waals surface area contributed by atoms with Gasteiger partial charge in [-0.2, -0.15) is 5.10 Å². The minimum atomic E-state index is -0.566. The zero-order valence-electron chi connectivity index (χ0n) is 24.2. The number of hydrogen-bond donors (Lipinski definition) is 2. The first kappa shape index (κ1) is 28.0. The molecule has 0 aliphatic carbocycles. The summed E-state index contributed by atoms with van der Waals surface area (Å²) in [4.78, 5) is 15.7. The standard InChI is InChI=1S/C35H32FN3O4/c1-4-42-29-18-25(12-15-28(29)43-20-24-8-6-5-7-9-24)34-31-32(30-22(3)16-21(2)17-27(30)40)37-38-33(31)35(41)39(34)19-23-10-13-26(36)14-11-23/h5-18,34,40H,4,19-20H2,1-3H3,(H,37,38). The highest BCUT2D eigenvalue weighted by molar-refractivity contribution is 6.00. The number of phenolic OH excluding ortho intramolecular Hbond substituents is 1. The predicted octanol–water partition coefficient (Wildman–Crippen LogP) is 7.26. The Balaban J connectivity index is 1.46. The molecule has 0 saturated carbocycles. The molecule has 7 nitrogen and oxygen atoms in total. The number of carbonyl (C=O) groups is 1. The molecule has 0 radical (unpaired) electrons. The Labute approximate surface area is 249 Å². The summed E-state index contributed by atoms with van der Waals surface area (Å²) in [6.45, 7) is 6.77. The maximum Gasteiger partial charge on any atom is 0.273 e. The quantitative estimate of drug-likeness (QED) is 0.193. The lowest BCUT2D eigenvalue weighted by Crippen LogP contribution is -2.29. The van der Waals surface area contributed by atoms with E-state index in [9.17, 15) is 14.3 Å². The Morgan fingerprint density at radius 3 is 2.42 bits per heavy atom. The number of aryl methyl sites for hydroxylation is 2. The number of nitrogens with one attached hydrogen (secondary N) is 1. The first-order valence-corrected chi connectivity index (χ1v) is 14.2. The topological polar surface area (TPSA) is 87.7 Å². The zero-order chi connectivity index (χ0) is 30.1. The summed E-state index contributed by atoms with van der Waals surface area (Å²) in [7, 11) is 0. The lowest BCUT2D eigenvalue weighted by Gasteiger charge is -2.27. The van der Waals surface area contributed by atoms with Crippen molar-refractivity contribution in [1.29, 1.82) is 0 Å². The number of aromatic amines is 1. The highest BCUT2D eigenvalue weighted by Crippen LogP contribution is 2.47. The smallest absolute Gasteiger partial charge is 0.273 e. The molecule has 1 aliphatic heterocycles. The Hall–Kier alpha value is -5.11. The Morgan fingerprint density at radius 1 is 0.930 bits per heavy atom. The number of amides is 1. The minimum absolute atomic E-state index is 0.0923. The molecule has 0 fully saturated rings. The van der Waals surface area contributed by atoms with Crippen LogP contribution in [-0.2, 0) is 13.2 Å². The Morgan fingerprint density at radius 2 is 1.70 bits per heavy atom. The van der Waals surface area contributed by atoms with E-state index in [1.54, 1.807) is 23.1 Å². The van der Waals surface area contributed by atoms with Crippen LogP contribution in [0.25, 0.3) is 11.3 Å². The summed E-state index contributed by atoms with van der Waals surface area (Å²) in [5.74, 6) is 0.647. The Kier molecular flexibility index (Phi) is 7.59. The van der Waals surface area contributed by atoms with Crippen LogP contribution in [0.4, 0.5) is 4.39 Å². The van der Waals surface area contributed by atoms with E-state index < -0.39 is 6.04 Å². The third kappa shape index (κ3) is 5.44. The van der Waals surface area contributed by atoms with Crippen LogP contribution in [0.2, 0.25) is 0 Å². The fraction of sp³-hybridized carbons (Fsp3) is 0.200. The molecule has 0 saturated heterocycles. The van der Waals surface area contributed by atoms with Crippen molar-refractivity contribution >= 4 is 5.91 Å². The van der Waals surface area contributed by atoms with Gasteiger partial charge < -0.3 is 19.5 Å². The number of H-pyrrole nitrogens is 1. The first-order valence-electron chi connectivity index (χ1n) is 14.2. The molecule has 1 aromatic heterocycles. The number of carbonyl (C=O) groups excluding carboxylic acids is 1. The van der Waals surface area contributed by atoms with Crippen molar-refractivity contribution in [2.45, 2.75) is 40.0 Å². The third-order valence-electron chi connectivity index (χ3n) is 7.65. The number of hydrogen-bond acceptors (Lipinski definition) is 5. The molecular formula is C35H32FN3O4. The van der Waals surface area contributed by atoms with Gasteiger partial charge in [-0.1, -0.05) is 54.6 Å². The van der Waals surface area contributed by atoms with E-state index in [4.69, 9.17) is 9.47 Å². The number of halogens is 1. The van der Waals surface area contributed by atoms with Crippen molar-refractivity contribution in [3.8, 4) is 28.5 Å². The summed E-state index contributed by atoms with van der Waals surface area (Å²) in [6.07, 6.45) is 0. The van der Waals surface area contributed by atoms with E-state index >= 15 is 0 Å². The molecule has 6 rings (SSSR count). The van der Waals surface area contributed by atoms with Crippen LogP contribution in [0.3, 0.4) is 0 Å². The molecule has 1 amide bonds. The molecule has 2 N–H and O–H groups in total. The largest absolute Gasteiger partial charge is 0.507 e. The van der Waals surface area contributed by atoms with Crippen LogP contribution in [-0.4, -0.2) is 32.7 Å². The minimum Gasteiger partial charge on any atom is -0.507 e. The molecule has 0 bridgehead atoms. The van der Waals surface area contributed by atoms with Gasteiger partial charge in [0.2, 0.25) is 0 Å². The lowest BCUT2D eigenvalue weighted by molar-refractivity contribution is 0.0729. The zero-order valence-corrected chi connectivity index (χ0v) is 24.2. The fourth-order valence-corrected chi connectivity index (χ4v) is 5.75. The second-order valence-corrected chi connectivity index (χ2v) is 10.7. The van der Waals surface area contributed by atoms with Crippen molar-refractivity contribution in [3.63, 3.8) is 0 Å². The van der Waals surface area contributed by atoms with Gasteiger partial charge in [-0.3, -0.25) is 9.89 Å². The molecule has 1 unspecified atom stereocenters. The van der Waals surface area contributed by atoms with Gasteiger partial charge >= 0.3 is 0 Å². The maximum atomic E-state index is 13.9. The highest BCUT2D eigenvalue weighted by atomic mass is 19.1. The van der Waals surface area contributed by atoms with E-state index in [1.165, 1.54) is 12.1 Å². The second-order valence-electron chi connectivity index (χ2n) is 10.7. The molecule has 4 aromatic carbocycles. The predicted molar refractivity (Wildman–Crippen MR) is 162 cm³/mol. The molecule has 218 valence electrons. The lowest BCUT2D eigenvalue weighted by atomic mass is 9.93. The summed E-state index contributed by atoms with van der Waals surface area (Å²) in [5.41, 5.74) is 6.45. The van der Waals surface area contributed by atoms with E-state index in [0.29, 0.717) is 47.2 Å². The van der Waals surface area contributed by atoms with Crippen LogP contribution in [0.5, 0.6) is 17.2 Å². The number of ether oxygens (including phenoxy) is 2. The SMILES string of the molecule is CCOc1cc(C2c3c(-c4c(C)cc(C)cc4O)n[nH]c3C(=O)N2Cc2ccc(F)cc2)ccc1OCc1ccccc1. The van der Waals surface area contributed by atoms with Crippen molar-refractivity contribution in [2.75, 3.05) is 6.61 Å². The third-order valence-corrected chi connectivity index (χ3v) is 7.65. The number of fused-ring (bicyclic) bond motifs is 1. The van der Waals surface area contributed by atoms with Crippen molar-refractivity contribution in [1.82, 2.24) is 15.1 Å². The average Bonchev–Trinajstić information content (AvgIpc) is 3.52. The molecule has 0 spiro atoms. The number of aromatic nitrogens is 2. The summed E-state index contributed by atoms with van der Waals surface area (Å²) >= 11 is 0. The molecule has 8 heteroatoms. The summed E-state index contributed by atoms with van der Waals surface area (Å²) in [6, 6.07) is 24.8. The van der Waals surface area contributed by atoms with Gasteiger partial charge in [0.15, 0.2) is 11.5 Å². The molecule has 1 aliphatic rings. The van der Waals surface area contributed by atoms with Crippen LogP contribution >= 0.6 is 0 Å². The van der Waals surface area contributed by atoms with E-state index in [0.717, 1.165) is 27.8 Å². The second kappa shape index (κ2) is 11.6. The number of nitrogens with zero attached hydrogens (tertiary/aromatic N) is 2. The first-order chi connectivity index (χ1) is 20.8. The van der Waals surface area contributed by atoms with Gasteiger partial charge in [0.25, 0.3) is 5.91 Å². The van der Waals surface area contributed by atoms with Crippen molar-refractivity contribution in [2.24, 2.45) is 0 Å². The van der Waals surface area contributed by atoms with E-state index in [-0.39, 0.29) is 24.0 Å². The average molecular weight is 578 g/mol. The van der Waals surface area contributed by atoms with Crippen molar-refractivity contribution < 1.29 is 23.8 Å². The monoisotopic (exact) mass is 577 g/mol. The van der Waals surface area contributed by atoms with Crippen molar-refractivity contribution in [3.05, 3.63) is 130 Å². The number of aromatic hydroxyl groups is 1. The normalized spacial score (nSPS) is 14.2. The van der Waals surface area contributed by atoms with Gasteiger partial charge in [-0.05, 0) is 78.9 Å². The van der Waals surface area contributed by atoms with Crippen LogP contribution in [0.15, 0.2) is 84.9 Å². The number of benzene rings is 4. The molecule has 5 aromatic rings. The molecule has 2 heterocycles. The van der Waals surface area contributed by atoms with E-state index in [1.807, 2.05) is 75.4 Å². The van der Waals surface area contributed by atoms with Gasteiger partial charge in [0, 0.05) is 17.7 Å². The highest BCUT2D eigenvalue weighted by Gasteiger charge is 2.43. The molecule has 1 atom stereocenters. The van der Waals surface area contributed by atoms with Crippen LogP contribution in [0.1, 0.15) is 56.8 Å². The van der Waals surface area contributed by atoms with Crippen LogP contribution in [0, 0.1) is 19.7 Å². The van der Waals surface area contributed by atoms with E-state index in [2.05, 4.69) is 10.2 Å².